The Morgan fingerprint density at radius 1 is 1.10 bits per heavy atom. The van der Waals surface area contributed by atoms with Crippen LogP contribution in [0.5, 0.6) is 5.75 Å². The van der Waals surface area contributed by atoms with Gasteiger partial charge in [-0.2, -0.15) is 0 Å². The van der Waals surface area contributed by atoms with Crippen LogP contribution in [-0.4, -0.2) is 32.8 Å². The third kappa shape index (κ3) is 3.94. The van der Waals surface area contributed by atoms with Gasteiger partial charge in [0.25, 0.3) is 5.91 Å². The largest absolute Gasteiger partial charge is 0.482 e. The topological polar surface area (TPSA) is 81.4 Å². The van der Waals surface area contributed by atoms with Crippen molar-refractivity contribution in [2.45, 2.75) is 19.6 Å². The minimum absolute atomic E-state index is 0.0997. The Labute approximate surface area is 168 Å². The van der Waals surface area contributed by atoms with Gasteiger partial charge in [-0.15, -0.1) is 0 Å². The average molecular weight is 388 g/mol. The average Bonchev–Trinajstić information content (AvgIpc) is 3.25. The molecule has 0 aliphatic rings. The molecule has 0 aliphatic heterocycles. The summed E-state index contributed by atoms with van der Waals surface area (Å²) < 4.78 is 11.3. The number of hydrogen-bond donors (Lipinski definition) is 0. The van der Waals surface area contributed by atoms with Gasteiger partial charge in [0.05, 0.1) is 11.7 Å². The highest BCUT2D eigenvalue weighted by Crippen LogP contribution is 2.24. The Balaban J connectivity index is 1.44. The molecule has 0 saturated heterocycles. The van der Waals surface area contributed by atoms with E-state index in [0.717, 1.165) is 16.6 Å². The second-order valence-corrected chi connectivity index (χ2v) is 6.59. The lowest BCUT2D eigenvalue weighted by molar-refractivity contribution is 0.0733. The van der Waals surface area contributed by atoms with Crippen LogP contribution in [0.2, 0.25) is 0 Å². The number of fused-ring (bicyclic) bond motifs is 1. The maximum absolute atomic E-state index is 12.7. The molecule has 146 valence electrons. The SMILES string of the molecule is C[C@@H](c1ccccn1)N(C)C(=O)c1coc(COc2cccc3cccnc23)n1. The molecule has 3 heterocycles. The van der Waals surface area contributed by atoms with Crippen LogP contribution in [0.4, 0.5) is 0 Å². The third-order valence-corrected chi connectivity index (χ3v) is 4.73. The van der Waals surface area contributed by atoms with Crippen LogP contribution in [0.25, 0.3) is 10.9 Å². The number of nitrogens with zero attached hydrogens (tertiary/aromatic N) is 4. The zero-order valence-corrected chi connectivity index (χ0v) is 16.1. The smallest absolute Gasteiger partial charge is 0.276 e. The van der Waals surface area contributed by atoms with Gasteiger partial charge in [0.1, 0.15) is 17.5 Å². The number of hydrogen-bond acceptors (Lipinski definition) is 6. The Bertz CT molecular complexity index is 1120. The molecular weight excluding hydrogens is 368 g/mol. The summed E-state index contributed by atoms with van der Waals surface area (Å²) >= 11 is 0. The first-order valence-corrected chi connectivity index (χ1v) is 9.22. The first-order chi connectivity index (χ1) is 14.1. The van der Waals surface area contributed by atoms with E-state index in [1.807, 2.05) is 55.5 Å². The van der Waals surface area contributed by atoms with E-state index in [2.05, 4.69) is 15.0 Å². The van der Waals surface area contributed by atoms with E-state index >= 15 is 0 Å². The second-order valence-electron chi connectivity index (χ2n) is 6.59. The van der Waals surface area contributed by atoms with Crippen LogP contribution in [0.15, 0.2) is 71.6 Å². The molecule has 0 fully saturated rings. The molecule has 3 aromatic heterocycles. The van der Waals surface area contributed by atoms with E-state index in [0.29, 0.717) is 11.6 Å². The van der Waals surface area contributed by atoms with Crippen molar-refractivity contribution < 1.29 is 13.9 Å². The summed E-state index contributed by atoms with van der Waals surface area (Å²) in [7, 11) is 1.72. The van der Waals surface area contributed by atoms with Crippen molar-refractivity contribution in [3.8, 4) is 5.75 Å². The van der Waals surface area contributed by atoms with E-state index in [1.165, 1.54) is 6.26 Å². The maximum Gasteiger partial charge on any atom is 0.276 e. The van der Waals surface area contributed by atoms with Crippen LogP contribution in [0, 0.1) is 0 Å². The van der Waals surface area contributed by atoms with Crippen molar-refractivity contribution in [2.75, 3.05) is 7.05 Å². The van der Waals surface area contributed by atoms with Gasteiger partial charge in [0.15, 0.2) is 12.3 Å². The molecule has 0 aliphatic carbocycles. The fourth-order valence-electron chi connectivity index (χ4n) is 2.99. The number of benzene rings is 1. The zero-order valence-electron chi connectivity index (χ0n) is 16.1. The molecule has 0 bridgehead atoms. The number of carbonyl (C=O) groups excluding carboxylic acids is 1. The lowest BCUT2D eigenvalue weighted by atomic mass is 10.2. The molecule has 4 aromatic rings. The third-order valence-electron chi connectivity index (χ3n) is 4.73. The van der Waals surface area contributed by atoms with Crippen LogP contribution < -0.4 is 4.74 Å². The number of rotatable bonds is 6. The highest BCUT2D eigenvalue weighted by Gasteiger charge is 2.22. The van der Waals surface area contributed by atoms with Gasteiger partial charge in [-0.25, -0.2) is 4.98 Å². The Kier molecular flexibility index (Phi) is 5.20. The molecular formula is C22H20N4O3. The number of ether oxygens (including phenoxy) is 1. The maximum atomic E-state index is 12.7. The predicted octanol–water partition coefficient (Wildman–Crippen LogP) is 4.03. The molecule has 0 saturated carbocycles. The van der Waals surface area contributed by atoms with Crippen LogP contribution in [0.3, 0.4) is 0 Å². The quantitative estimate of drug-likeness (QED) is 0.496. The van der Waals surface area contributed by atoms with E-state index in [-0.39, 0.29) is 24.2 Å². The molecule has 0 radical (unpaired) electrons. The predicted molar refractivity (Wildman–Crippen MR) is 107 cm³/mol. The molecule has 1 aromatic carbocycles. The van der Waals surface area contributed by atoms with Gasteiger partial charge < -0.3 is 14.1 Å². The monoisotopic (exact) mass is 388 g/mol. The van der Waals surface area contributed by atoms with Crippen LogP contribution in [-0.2, 0) is 6.61 Å². The van der Waals surface area contributed by atoms with Gasteiger partial charge in [-0.05, 0) is 31.2 Å². The Hall–Kier alpha value is -3.74. The summed E-state index contributed by atoms with van der Waals surface area (Å²) in [6, 6.07) is 15.0. The van der Waals surface area contributed by atoms with E-state index in [1.54, 1.807) is 24.3 Å². The van der Waals surface area contributed by atoms with Crippen molar-refractivity contribution in [3.05, 3.63) is 84.5 Å². The van der Waals surface area contributed by atoms with Crippen molar-refractivity contribution in [2.24, 2.45) is 0 Å². The summed E-state index contributed by atoms with van der Waals surface area (Å²) in [6.07, 6.45) is 4.78. The Morgan fingerprint density at radius 2 is 1.93 bits per heavy atom. The standard InChI is InChI=1S/C22H20N4O3/c1-15(17-9-3-4-11-23-17)26(2)22(27)18-13-29-20(25-18)14-28-19-10-5-7-16-8-6-12-24-21(16)19/h3-13,15H,14H2,1-2H3/t15-/m0/s1. The molecule has 1 atom stereocenters. The number of amides is 1. The first kappa shape index (κ1) is 18.6. The number of oxazole rings is 1. The fourth-order valence-corrected chi connectivity index (χ4v) is 2.99. The van der Waals surface area contributed by atoms with Gasteiger partial charge in [-0.3, -0.25) is 14.8 Å². The number of para-hydroxylation sites is 1. The molecule has 29 heavy (non-hydrogen) atoms. The highest BCUT2D eigenvalue weighted by molar-refractivity contribution is 5.92. The van der Waals surface area contributed by atoms with Crippen molar-refractivity contribution >= 4 is 16.8 Å². The molecule has 7 heteroatoms. The number of pyridine rings is 2. The molecule has 0 spiro atoms. The summed E-state index contributed by atoms with van der Waals surface area (Å²) in [5.41, 5.74) is 1.80. The van der Waals surface area contributed by atoms with Gasteiger partial charge in [0, 0.05) is 24.8 Å². The Morgan fingerprint density at radius 3 is 2.76 bits per heavy atom. The minimum atomic E-state index is -0.245. The summed E-state index contributed by atoms with van der Waals surface area (Å²) in [6.45, 7) is 2.01. The van der Waals surface area contributed by atoms with Gasteiger partial charge in [-0.1, -0.05) is 24.3 Å². The number of aromatic nitrogens is 3. The normalized spacial score (nSPS) is 11.9. The van der Waals surface area contributed by atoms with E-state index in [4.69, 9.17) is 9.15 Å². The molecule has 0 N–H and O–H groups in total. The molecule has 7 nitrogen and oxygen atoms in total. The fraction of sp³-hybridized carbons (Fsp3) is 0.182. The van der Waals surface area contributed by atoms with E-state index in [9.17, 15) is 4.79 Å². The number of carbonyl (C=O) groups is 1. The van der Waals surface area contributed by atoms with Crippen molar-refractivity contribution in [1.82, 2.24) is 19.9 Å². The summed E-state index contributed by atoms with van der Waals surface area (Å²) in [5.74, 6) is 0.709. The molecule has 1 amide bonds. The van der Waals surface area contributed by atoms with Crippen LogP contribution in [0.1, 0.15) is 35.0 Å². The minimum Gasteiger partial charge on any atom is -0.482 e. The van der Waals surface area contributed by atoms with E-state index < -0.39 is 0 Å². The summed E-state index contributed by atoms with van der Waals surface area (Å²) in [4.78, 5) is 27.3. The molecule has 0 unspecified atom stereocenters. The zero-order chi connectivity index (χ0) is 20.2. The summed E-state index contributed by atoms with van der Waals surface area (Å²) in [5, 5.41) is 0.985. The first-order valence-electron chi connectivity index (χ1n) is 9.22. The van der Waals surface area contributed by atoms with Crippen LogP contribution >= 0.6 is 0 Å². The second kappa shape index (κ2) is 8.10. The van der Waals surface area contributed by atoms with Crippen molar-refractivity contribution in [1.29, 1.82) is 0 Å². The lowest BCUT2D eigenvalue weighted by Gasteiger charge is -2.23. The molecule has 4 rings (SSSR count). The van der Waals surface area contributed by atoms with Gasteiger partial charge in [0.2, 0.25) is 5.89 Å². The highest BCUT2D eigenvalue weighted by atomic mass is 16.5. The van der Waals surface area contributed by atoms with Crippen molar-refractivity contribution in [3.63, 3.8) is 0 Å². The lowest BCUT2D eigenvalue weighted by Crippen LogP contribution is -2.30. The van der Waals surface area contributed by atoms with Gasteiger partial charge >= 0.3 is 0 Å².